The first-order valence-electron chi connectivity index (χ1n) is 17.8. The molecule has 0 aliphatic rings. The molecule has 52 heavy (non-hydrogen) atoms. The summed E-state index contributed by atoms with van der Waals surface area (Å²) in [4.78, 5) is 2.33. The Balaban J connectivity index is 1.08. The molecule has 0 amide bonds. The van der Waals surface area contributed by atoms with E-state index < -0.39 is 0 Å². The Hall–Kier alpha value is -6.90. The van der Waals surface area contributed by atoms with Gasteiger partial charge < -0.3 is 9.32 Å². The first-order chi connectivity index (χ1) is 25.8. The predicted octanol–water partition coefficient (Wildman–Crippen LogP) is 14.4. The fourth-order valence-corrected chi connectivity index (χ4v) is 7.84. The summed E-state index contributed by atoms with van der Waals surface area (Å²) in [6, 6.07) is 71.5. The van der Waals surface area contributed by atoms with Crippen molar-refractivity contribution in [2.75, 3.05) is 4.90 Å². The molecule has 0 saturated carbocycles. The van der Waals surface area contributed by atoms with E-state index in [9.17, 15) is 0 Å². The zero-order valence-electron chi connectivity index (χ0n) is 28.4. The van der Waals surface area contributed by atoms with E-state index in [1.165, 1.54) is 43.4 Å². The van der Waals surface area contributed by atoms with Crippen LogP contribution in [0.3, 0.4) is 0 Å². The summed E-state index contributed by atoms with van der Waals surface area (Å²) >= 11 is 0. The highest BCUT2D eigenvalue weighted by Gasteiger charge is 2.20. The first-order valence-corrected chi connectivity index (χ1v) is 17.8. The molecule has 0 aliphatic carbocycles. The van der Waals surface area contributed by atoms with Crippen LogP contribution < -0.4 is 4.90 Å². The summed E-state index contributed by atoms with van der Waals surface area (Å²) in [6.45, 7) is 0. The summed E-state index contributed by atoms with van der Waals surface area (Å²) in [5.41, 5.74) is 9.79. The molecular formula is C50H33NO. The Bertz CT molecular complexity index is 2850. The maximum atomic E-state index is 6.52. The van der Waals surface area contributed by atoms with Crippen molar-refractivity contribution in [3.63, 3.8) is 0 Å². The molecule has 10 aromatic rings. The molecule has 0 saturated heterocycles. The third-order valence-corrected chi connectivity index (χ3v) is 10.2. The van der Waals surface area contributed by atoms with E-state index in [1.807, 2.05) is 18.2 Å². The van der Waals surface area contributed by atoms with Crippen LogP contribution in [0.15, 0.2) is 205 Å². The van der Waals surface area contributed by atoms with E-state index in [-0.39, 0.29) is 0 Å². The van der Waals surface area contributed by atoms with Gasteiger partial charge in [0.1, 0.15) is 11.3 Å². The number of benzene rings is 9. The second-order valence-corrected chi connectivity index (χ2v) is 13.3. The number of hydrogen-bond donors (Lipinski definition) is 0. The molecule has 9 aromatic carbocycles. The summed E-state index contributed by atoms with van der Waals surface area (Å²) in [7, 11) is 0. The molecule has 0 aliphatic heterocycles. The summed E-state index contributed by atoms with van der Waals surface area (Å²) in [5.74, 6) is 0.880. The quantitative estimate of drug-likeness (QED) is 0.165. The number of hydrogen-bond acceptors (Lipinski definition) is 2. The molecule has 0 fully saturated rings. The predicted molar refractivity (Wildman–Crippen MR) is 220 cm³/mol. The Morgan fingerprint density at radius 3 is 1.48 bits per heavy atom. The van der Waals surface area contributed by atoms with Crippen LogP contribution in [0.5, 0.6) is 0 Å². The SMILES string of the molecule is c1ccc(-c2oc3ccccc3c2-c2cccc(N(c3ccccc3)c3ccc(-c4ccc5c6ccccc6c6ccccc6c5c4)cc3)c2)cc1. The van der Waals surface area contributed by atoms with Crippen LogP contribution in [-0.2, 0) is 0 Å². The van der Waals surface area contributed by atoms with Gasteiger partial charge in [-0.1, -0.05) is 152 Å². The van der Waals surface area contributed by atoms with Crippen LogP contribution in [0, 0.1) is 0 Å². The van der Waals surface area contributed by atoms with Crippen LogP contribution in [-0.4, -0.2) is 0 Å². The minimum Gasteiger partial charge on any atom is -0.455 e. The van der Waals surface area contributed by atoms with Gasteiger partial charge in [-0.3, -0.25) is 0 Å². The summed E-state index contributed by atoms with van der Waals surface area (Å²) in [5, 5.41) is 8.82. The van der Waals surface area contributed by atoms with Crippen LogP contribution in [0.25, 0.3) is 76.9 Å². The molecule has 2 heteroatoms. The fraction of sp³-hybridized carbons (Fsp3) is 0. The third-order valence-electron chi connectivity index (χ3n) is 10.2. The molecule has 10 rings (SSSR count). The lowest BCUT2D eigenvalue weighted by Gasteiger charge is -2.26. The van der Waals surface area contributed by atoms with Crippen LogP contribution in [0.4, 0.5) is 17.1 Å². The summed E-state index contributed by atoms with van der Waals surface area (Å²) in [6.07, 6.45) is 0. The number of fused-ring (bicyclic) bond motifs is 7. The van der Waals surface area contributed by atoms with Crippen LogP contribution in [0.1, 0.15) is 0 Å². The van der Waals surface area contributed by atoms with Crippen molar-refractivity contribution >= 4 is 60.3 Å². The van der Waals surface area contributed by atoms with Gasteiger partial charge in [0.15, 0.2) is 0 Å². The highest BCUT2D eigenvalue weighted by Crippen LogP contribution is 2.44. The van der Waals surface area contributed by atoms with Crippen LogP contribution in [0.2, 0.25) is 0 Å². The van der Waals surface area contributed by atoms with Gasteiger partial charge in [0.05, 0.1) is 0 Å². The Morgan fingerprint density at radius 1 is 0.288 bits per heavy atom. The van der Waals surface area contributed by atoms with E-state index in [0.717, 1.165) is 50.5 Å². The normalized spacial score (nSPS) is 11.5. The van der Waals surface area contributed by atoms with E-state index >= 15 is 0 Å². The molecule has 0 bridgehead atoms. The van der Waals surface area contributed by atoms with E-state index in [4.69, 9.17) is 4.42 Å². The van der Waals surface area contributed by atoms with E-state index in [0.29, 0.717) is 0 Å². The molecule has 0 N–H and O–H groups in total. The monoisotopic (exact) mass is 663 g/mol. The lowest BCUT2D eigenvalue weighted by Crippen LogP contribution is -2.09. The fourth-order valence-electron chi connectivity index (χ4n) is 7.84. The summed E-state index contributed by atoms with van der Waals surface area (Å²) < 4.78 is 6.52. The second-order valence-electron chi connectivity index (χ2n) is 13.3. The lowest BCUT2D eigenvalue weighted by molar-refractivity contribution is 0.632. The van der Waals surface area contributed by atoms with Crippen molar-refractivity contribution in [1.29, 1.82) is 0 Å². The van der Waals surface area contributed by atoms with Gasteiger partial charge in [-0.15, -0.1) is 0 Å². The number of nitrogens with zero attached hydrogens (tertiary/aromatic N) is 1. The number of anilines is 3. The van der Waals surface area contributed by atoms with Crippen molar-refractivity contribution in [1.82, 2.24) is 0 Å². The highest BCUT2D eigenvalue weighted by atomic mass is 16.3. The van der Waals surface area contributed by atoms with Gasteiger partial charge in [0, 0.05) is 33.6 Å². The topological polar surface area (TPSA) is 16.4 Å². The molecule has 0 unspecified atom stereocenters. The van der Waals surface area contributed by atoms with Gasteiger partial charge >= 0.3 is 0 Å². The van der Waals surface area contributed by atoms with Crippen molar-refractivity contribution in [3.05, 3.63) is 200 Å². The minimum absolute atomic E-state index is 0.880. The Morgan fingerprint density at radius 2 is 0.788 bits per heavy atom. The molecule has 2 nitrogen and oxygen atoms in total. The van der Waals surface area contributed by atoms with Crippen molar-refractivity contribution in [3.8, 4) is 33.6 Å². The second kappa shape index (κ2) is 12.5. The zero-order valence-corrected chi connectivity index (χ0v) is 28.4. The van der Waals surface area contributed by atoms with E-state index in [2.05, 4.69) is 187 Å². The van der Waals surface area contributed by atoms with Crippen molar-refractivity contribution in [2.45, 2.75) is 0 Å². The first kappa shape index (κ1) is 30.0. The molecule has 1 heterocycles. The third kappa shape index (κ3) is 5.04. The smallest absolute Gasteiger partial charge is 0.143 e. The number of rotatable bonds is 6. The molecule has 0 radical (unpaired) electrons. The van der Waals surface area contributed by atoms with Gasteiger partial charge in [-0.05, 0) is 97.5 Å². The number of para-hydroxylation sites is 2. The zero-order chi connectivity index (χ0) is 34.4. The van der Waals surface area contributed by atoms with Gasteiger partial charge in [-0.2, -0.15) is 0 Å². The molecule has 0 spiro atoms. The van der Waals surface area contributed by atoms with E-state index in [1.54, 1.807) is 0 Å². The van der Waals surface area contributed by atoms with Gasteiger partial charge in [-0.25, -0.2) is 0 Å². The molecule has 1 aromatic heterocycles. The van der Waals surface area contributed by atoms with Crippen LogP contribution >= 0.6 is 0 Å². The maximum Gasteiger partial charge on any atom is 0.143 e. The van der Waals surface area contributed by atoms with Crippen molar-refractivity contribution in [2.24, 2.45) is 0 Å². The maximum absolute atomic E-state index is 6.52. The van der Waals surface area contributed by atoms with Gasteiger partial charge in [0.25, 0.3) is 0 Å². The standard InChI is InChI=1S/C50H33NO/c1-3-14-35(15-4-1)50-49(46-24-11-12-25-48(46)52-50)37-16-13-19-40(32-37)51(38-17-5-2-6-18-38)39-29-26-34(27-30-39)36-28-31-45-43-22-8-7-20-41(43)42-21-9-10-23-44(42)47(45)33-36/h1-33H. The highest BCUT2D eigenvalue weighted by molar-refractivity contribution is 6.25. The lowest BCUT2D eigenvalue weighted by atomic mass is 9.92. The largest absolute Gasteiger partial charge is 0.455 e. The number of furan rings is 1. The molecule has 0 atom stereocenters. The Kier molecular flexibility index (Phi) is 7.18. The average Bonchev–Trinajstić information content (AvgIpc) is 3.62. The Labute approximate surface area is 302 Å². The molecule has 244 valence electrons. The molecular weight excluding hydrogens is 631 g/mol. The van der Waals surface area contributed by atoms with Crippen molar-refractivity contribution < 1.29 is 4.42 Å². The minimum atomic E-state index is 0.880. The average molecular weight is 664 g/mol. The van der Waals surface area contributed by atoms with Gasteiger partial charge in [0.2, 0.25) is 0 Å².